The molecule has 0 radical (unpaired) electrons. The molecule has 0 aliphatic carbocycles. The third kappa shape index (κ3) is 4.64. The molecule has 1 amide bonds. The Kier molecular flexibility index (Phi) is 6.34. The Morgan fingerprint density at radius 3 is 2.17 bits per heavy atom. The number of rotatable bonds is 6. The summed E-state index contributed by atoms with van der Waals surface area (Å²) in [6.45, 7) is 6.33. The first-order chi connectivity index (χ1) is 11.0. The van der Waals surface area contributed by atoms with Crippen LogP contribution in [0, 0.1) is 0 Å². The number of carbonyl (C=O) groups excluding carboxylic acids is 1. The molecule has 1 aromatic carbocycles. The van der Waals surface area contributed by atoms with Crippen molar-refractivity contribution in [3.63, 3.8) is 0 Å². The summed E-state index contributed by atoms with van der Waals surface area (Å²) in [4.78, 5) is 12.4. The standard InChI is InChI=1S/C19H23BrN2O/c1-4-15(5-2)16-10-12-22(13-11-16)14(3)19(23)21-18-8-6-17(20)7-9-18/h6-15H,4-5H2,1-3H3/p+1/t14-/m1/s1. The lowest BCUT2D eigenvalue weighted by Gasteiger charge is -2.13. The molecule has 23 heavy (non-hydrogen) atoms. The molecule has 2 aromatic rings. The average Bonchev–Trinajstić information content (AvgIpc) is 2.58. The number of carbonyl (C=O) groups is 1. The number of benzene rings is 1. The molecule has 0 saturated carbocycles. The van der Waals surface area contributed by atoms with Crippen LogP contribution in [0.5, 0.6) is 0 Å². The molecule has 3 nitrogen and oxygen atoms in total. The van der Waals surface area contributed by atoms with Gasteiger partial charge in [-0.15, -0.1) is 0 Å². The zero-order chi connectivity index (χ0) is 16.8. The van der Waals surface area contributed by atoms with Gasteiger partial charge < -0.3 is 5.32 Å². The maximum absolute atomic E-state index is 12.4. The van der Waals surface area contributed by atoms with E-state index in [1.54, 1.807) is 0 Å². The zero-order valence-corrected chi connectivity index (χ0v) is 15.5. The molecule has 0 unspecified atom stereocenters. The third-order valence-corrected chi connectivity index (χ3v) is 4.80. The number of pyridine rings is 1. The number of anilines is 1. The molecule has 0 saturated heterocycles. The van der Waals surface area contributed by atoms with Gasteiger partial charge in [-0.1, -0.05) is 29.8 Å². The Bertz CT molecular complexity index is 633. The van der Waals surface area contributed by atoms with E-state index in [0.717, 1.165) is 23.0 Å². The highest BCUT2D eigenvalue weighted by Gasteiger charge is 2.22. The molecule has 0 bridgehead atoms. The minimum atomic E-state index is -0.255. The summed E-state index contributed by atoms with van der Waals surface area (Å²) in [5.74, 6) is 0.573. The summed E-state index contributed by atoms with van der Waals surface area (Å²) >= 11 is 3.39. The number of halogens is 1. The largest absolute Gasteiger partial charge is 0.320 e. The predicted octanol–water partition coefficient (Wildman–Crippen LogP) is 4.84. The lowest BCUT2D eigenvalue weighted by Crippen LogP contribution is -2.44. The number of aromatic nitrogens is 1. The van der Waals surface area contributed by atoms with Gasteiger partial charge >= 0.3 is 0 Å². The van der Waals surface area contributed by atoms with Gasteiger partial charge in [0.25, 0.3) is 5.91 Å². The minimum absolute atomic E-state index is 0.0207. The summed E-state index contributed by atoms with van der Waals surface area (Å²) < 4.78 is 2.94. The molecule has 0 aliphatic heterocycles. The molecule has 0 spiro atoms. The van der Waals surface area contributed by atoms with E-state index < -0.39 is 0 Å². The van der Waals surface area contributed by atoms with Crippen molar-refractivity contribution < 1.29 is 9.36 Å². The molecule has 1 heterocycles. The van der Waals surface area contributed by atoms with Crippen molar-refractivity contribution in [2.75, 3.05) is 5.32 Å². The number of hydrogen-bond acceptors (Lipinski definition) is 1. The third-order valence-electron chi connectivity index (χ3n) is 4.27. The van der Waals surface area contributed by atoms with E-state index in [4.69, 9.17) is 0 Å². The normalized spacial score (nSPS) is 12.2. The van der Waals surface area contributed by atoms with Gasteiger partial charge in [-0.3, -0.25) is 4.79 Å². The Morgan fingerprint density at radius 1 is 1.09 bits per heavy atom. The first-order valence-electron chi connectivity index (χ1n) is 8.12. The van der Waals surface area contributed by atoms with Crippen molar-refractivity contribution in [3.8, 4) is 0 Å². The van der Waals surface area contributed by atoms with Gasteiger partial charge in [0.05, 0.1) is 0 Å². The molecular formula is C19H24BrN2O+. The van der Waals surface area contributed by atoms with Gasteiger partial charge in [-0.05, 0) is 48.6 Å². The van der Waals surface area contributed by atoms with Crippen molar-refractivity contribution in [1.82, 2.24) is 0 Å². The van der Waals surface area contributed by atoms with Crippen LogP contribution in [0.25, 0.3) is 0 Å². The fraction of sp³-hybridized carbons (Fsp3) is 0.368. The highest BCUT2D eigenvalue weighted by atomic mass is 79.9. The van der Waals surface area contributed by atoms with Crippen LogP contribution in [-0.2, 0) is 4.79 Å². The van der Waals surface area contributed by atoms with Gasteiger partial charge in [0.15, 0.2) is 12.4 Å². The summed E-state index contributed by atoms with van der Waals surface area (Å²) in [7, 11) is 0. The van der Waals surface area contributed by atoms with Gasteiger partial charge in [0.2, 0.25) is 6.04 Å². The summed E-state index contributed by atoms with van der Waals surface area (Å²) in [5.41, 5.74) is 2.14. The lowest BCUT2D eigenvalue weighted by molar-refractivity contribution is -0.705. The van der Waals surface area contributed by atoms with Crippen molar-refractivity contribution in [3.05, 3.63) is 58.8 Å². The molecular weight excluding hydrogens is 352 g/mol. The summed E-state index contributed by atoms with van der Waals surface area (Å²) in [5, 5.41) is 2.95. The van der Waals surface area contributed by atoms with Crippen molar-refractivity contribution in [2.24, 2.45) is 0 Å². The number of nitrogens with zero attached hydrogens (tertiary/aromatic N) is 1. The second kappa shape index (κ2) is 8.25. The van der Waals surface area contributed by atoms with E-state index in [1.165, 1.54) is 5.56 Å². The van der Waals surface area contributed by atoms with Crippen molar-refractivity contribution in [2.45, 2.75) is 45.6 Å². The lowest BCUT2D eigenvalue weighted by atomic mass is 9.95. The first kappa shape index (κ1) is 17.7. The Morgan fingerprint density at radius 2 is 1.65 bits per heavy atom. The minimum Gasteiger partial charge on any atom is -0.320 e. The maximum Gasteiger partial charge on any atom is 0.293 e. The van der Waals surface area contributed by atoms with Gasteiger partial charge in [0.1, 0.15) is 0 Å². The van der Waals surface area contributed by atoms with E-state index in [-0.39, 0.29) is 11.9 Å². The second-order valence-corrected chi connectivity index (χ2v) is 6.68. The smallest absolute Gasteiger partial charge is 0.293 e. The van der Waals surface area contributed by atoms with Crippen LogP contribution in [0.1, 0.15) is 51.1 Å². The van der Waals surface area contributed by atoms with Crippen LogP contribution in [0.3, 0.4) is 0 Å². The van der Waals surface area contributed by atoms with E-state index in [9.17, 15) is 4.79 Å². The molecule has 122 valence electrons. The Labute approximate surface area is 146 Å². The monoisotopic (exact) mass is 375 g/mol. The van der Waals surface area contributed by atoms with Crippen LogP contribution in [0.2, 0.25) is 0 Å². The fourth-order valence-electron chi connectivity index (χ4n) is 2.66. The van der Waals surface area contributed by atoms with Crippen LogP contribution in [0.4, 0.5) is 5.69 Å². The second-order valence-electron chi connectivity index (χ2n) is 5.76. The number of amides is 1. The van der Waals surface area contributed by atoms with E-state index in [1.807, 2.05) is 48.1 Å². The summed E-state index contributed by atoms with van der Waals surface area (Å²) in [6, 6.07) is 11.6. The molecule has 2 rings (SSSR count). The fourth-order valence-corrected chi connectivity index (χ4v) is 2.92. The average molecular weight is 376 g/mol. The number of hydrogen-bond donors (Lipinski definition) is 1. The van der Waals surface area contributed by atoms with E-state index in [2.05, 4.69) is 47.2 Å². The van der Waals surface area contributed by atoms with Gasteiger partial charge in [-0.25, -0.2) is 0 Å². The van der Waals surface area contributed by atoms with E-state index in [0.29, 0.717) is 5.92 Å². The van der Waals surface area contributed by atoms with E-state index >= 15 is 0 Å². The van der Waals surface area contributed by atoms with Crippen LogP contribution in [-0.4, -0.2) is 5.91 Å². The van der Waals surface area contributed by atoms with Crippen LogP contribution < -0.4 is 9.88 Å². The first-order valence-corrected chi connectivity index (χ1v) is 8.91. The Balaban J connectivity index is 2.05. The Hall–Kier alpha value is -1.68. The van der Waals surface area contributed by atoms with Crippen molar-refractivity contribution >= 4 is 27.5 Å². The SMILES string of the molecule is CCC(CC)c1cc[n+]([C@H](C)C(=O)Nc2ccc(Br)cc2)cc1. The summed E-state index contributed by atoms with van der Waals surface area (Å²) in [6.07, 6.45) is 6.28. The van der Waals surface area contributed by atoms with Crippen LogP contribution in [0.15, 0.2) is 53.3 Å². The number of nitrogens with one attached hydrogen (secondary N) is 1. The topological polar surface area (TPSA) is 33.0 Å². The van der Waals surface area contributed by atoms with Crippen molar-refractivity contribution in [1.29, 1.82) is 0 Å². The molecule has 0 fully saturated rings. The predicted molar refractivity (Wildman–Crippen MR) is 97.4 cm³/mol. The molecule has 0 aliphatic rings. The van der Waals surface area contributed by atoms with Crippen LogP contribution >= 0.6 is 15.9 Å². The molecule has 1 aromatic heterocycles. The zero-order valence-electron chi connectivity index (χ0n) is 13.9. The quantitative estimate of drug-likeness (QED) is 0.719. The van der Waals surface area contributed by atoms with Gasteiger partial charge in [-0.2, -0.15) is 4.57 Å². The molecule has 4 heteroatoms. The maximum atomic E-state index is 12.4. The highest BCUT2D eigenvalue weighted by Crippen LogP contribution is 2.21. The van der Waals surface area contributed by atoms with Gasteiger partial charge in [0, 0.05) is 29.2 Å². The molecule has 1 atom stereocenters. The highest BCUT2D eigenvalue weighted by molar-refractivity contribution is 9.10. The molecule has 1 N–H and O–H groups in total.